The second-order valence-electron chi connectivity index (χ2n) is 11.0. The Balaban J connectivity index is 1.20. The maximum atomic E-state index is 12.9. The van der Waals surface area contributed by atoms with Gasteiger partial charge >= 0.3 is 11.4 Å². The van der Waals surface area contributed by atoms with Gasteiger partial charge in [0.05, 0.1) is 0 Å². The van der Waals surface area contributed by atoms with Gasteiger partial charge in [-0.15, -0.1) is 0 Å². The Morgan fingerprint density at radius 2 is 0.958 bits per heavy atom. The molecule has 0 unspecified atom stereocenters. The highest BCUT2D eigenvalue weighted by atomic mass is 32.1. The molecule has 0 bridgehead atoms. The number of hydrazine groups is 2. The van der Waals surface area contributed by atoms with Crippen molar-refractivity contribution in [3.8, 4) is 0 Å². The number of hydrogen-bond acceptors (Lipinski definition) is 8. The quantitative estimate of drug-likeness (QED) is 0.0749. The Labute approximate surface area is 286 Å². The van der Waals surface area contributed by atoms with Gasteiger partial charge in [0.2, 0.25) is 0 Å². The van der Waals surface area contributed by atoms with Crippen LogP contribution in [0.5, 0.6) is 0 Å². The first kappa shape index (κ1) is 35.5. The summed E-state index contributed by atoms with van der Waals surface area (Å²) >= 11 is 10.4. The Hall–Kier alpha value is -5.36. The highest BCUT2D eigenvalue weighted by Crippen LogP contribution is 2.09. The molecule has 4 rings (SSSR count). The zero-order valence-corrected chi connectivity index (χ0v) is 28.6. The van der Waals surface area contributed by atoms with Crippen LogP contribution in [0.15, 0.2) is 58.1 Å². The molecule has 0 atom stereocenters. The lowest BCUT2D eigenvalue weighted by Crippen LogP contribution is -2.46. The molecule has 2 aromatic heterocycles. The van der Waals surface area contributed by atoms with Crippen molar-refractivity contribution in [3.63, 3.8) is 0 Å². The van der Waals surface area contributed by atoms with Crippen molar-refractivity contribution in [1.82, 2.24) is 50.4 Å². The van der Waals surface area contributed by atoms with Gasteiger partial charge in [-0.05, 0) is 89.2 Å². The fourth-order valence-corrected chi connectivity index (χ4v) is 4.90. The monoisotopic (exact) mass is 694 g/mol. The van der Waals surface area contributed by atoms with E-state index >= 15 is 0 Å². The van der Waals surface area contributed by atoms with E-state index in [-0.39, 0.29) is 23.3 Å². The smallest absolute Gasteiger partial charge is 0.331 e. The number of amides is 2. The summed E-state index contributed by atoms with van der Waals surface area (Å²) in [7, 11) is 0. The van der Waals surface area contributed by atoms with Gasteiger partial charge in [-0.1, -0.05) is 35.4 Å². The molecule has 0 aliphatic heterocycles. The van der Waals surface area contributed by atoms with Crippen molar-refractivity contribution >= 4 is 57.8 Å². The maximum absolute atomic E-state index is 12.9. The molecule has 18 heteroatoms. The molecular formula is C30H38N12O4S2. The second kappa shape index (κ2) is 16.5. The van der Waals surface area contributed by atoms with Crippen LogP contribution in [0.1, 0.15) is 35.6 Å². The van der Waals surface area contributed by atoms with Crippen LogP contribution in [0.3, 0.4) is 0 Å². The summed E-state index contributed by atoms with van der Waals surface area (Å²) in [5, 5.41) is 14.7. The predicted octanol–water partition coefficient (Wildman–Crippen LogP) is 1.15. The van der Waals surface area contributed by atoms with Gasteiger partial charge in [-0.25, -0.2) is 19.0 Å². The Kier molecular flexibility index (Phi) is 12.2. The zero-order valence-electron chi connectivity index (χ0n) is 27.0. The number of hydrogen-bond donors (Lipinski definition) is 6. The average Bonchev–Trinajstić information content (AvgIpc) is 3.46. The number of aryl methyl sites for hydroxylation is 4. The maximum Gasteiger partial charge on any atom is 0.346 e. The summed E-state index contributed by atoms with van der Waals surface area (Å²) < 4.78 is 5.09. The van der Waals surface area contributed by atoms with E-state index in [4.69, 9.17) is 24.4 Å². The van der Waals surface area contributed by atoms with Gasteiger partial charge in [-0.3, -0.25) is 40.4 Å². The number of unbranched alkanes of at least 4 members (excludes halogenated alkanes) is 1. The first-order valence-corrected chi connectivity index (χ1v) is 15.8. The third-order valence-corrected chi connectivity index (χ3v) is 7.47. The van der Waals surface area contributed by atoms with Crippen LogP contribution in [0, 0.1) is 27.7 Å². The molecule has 0 radical (unpaired) electrons. The number of thiocarbonyl (C=S) groups is 2. The molecule has 16 nitrogen and oxygen atoms in total. The summed E-state index contributed by atoms with van der Waals surface area (Å²) in [5.74, 6) is -0.112. The molecule has 0 saturated heterocycles. The largest absolute Gasteiger partial charge is 0.346 e. The van der Waals surface area contributed by atoms with Crippen LogP contribution in [-0.2, 0) is 35.8 Å². The SMILES string of the molecule is Cc1ccc(NC(=S)NNC(=O)Cn2nc(C)n(CCCCn3c(C)nn(CC(=O)NNC(=S)Nc4ccc(C)cc4)c3=O)c2=O)cc1. The van der Waals surface area contributed by atoms with Crippen molar-refractivity contribution in [2.45, 2.75) is 66.7 Å². The first-order valence-electron chi connectivity index (χ1n) is 15.0. The van der Waals surface area contributed by atoms with Crippen LogP contribution in [0.25, 0.3) is 0 Å². The lowest BCUT2D eigenvalue weighted by Gasteiger charge is -2.11. The van der Waals surface area contributed by atoms with E-state index < -0.39 is 23.2 Å². The second-order valence-corrected chi connectivity index (χ2v) is 11.8. The van der Waals surface area contributed by atoms with Gasteiger partial charge in [-0.2, -0.15) is 10.2 Å². The van der Waals surface area contributed by atoms with Gasteiger partial charge in [0.1, 0.15) is 24.7 Å². The van der Waals surface area contributed by atoms with E-state index in [0.717, 1.165) is 31.9 Å². The molecule has 0 aliphatic carbocycles. The molecule has 0 fully saturated rings. The van der Waals surface area contributed by atoms with Crippen molar-refractivity contribution in [2.24, 2.45) is 0 Å². The molecule has 6 N–H and O–H groups in total. The minimum atomic E-state index is -0.507. The van der Waals surface area contributed by atoms with Crippen LogP contribution in [0.4, 0.5) is 11.4 Å². The zero-order chi connectivity index (χ0) is 34.8. The minimum absolute atomic E-state index is 0.188. The van der Waals surface area contributed by atoms with Crippen molar-refractivity contribution in [3.05, 3.63) is 92.3 Å². The van der Waals surface area contributed by atoms with Crippen LogP contribution in [-0.4, -0.2) is 50.7 Å². The van der Waals surface area contributed by atoms with Crippen molar-refractivity contribution < 1.29 is 9.59 Å². The molecule has 0 saturated carbocycles. The number of carbonyl (C=O) groups excluding carboxylic acids is 2. The summed E-state index contributed by atoms with van der Waals surface area (Å²) in [6.07, 6.45) is 1.10. The third-order valence-electron chi connectivity index (χ3n) is 7.07. The minimum Gasteiger partial charge on any atom is -0.331 e. The predicted molar refractivity (Wildman–Crippen MR) is 189 cm³/mol. The lowest BCUT2D eigenvalue weighted by molar-refractivity contribution is -0.123. The summed E-state index contributed by atoms with van der Waals surface area (Å²) in [6.45, 7) is 7.36. The van der Waals surface area contributed by atoms with Crippen LogP contribution >= 0.6 is 24.4 Å². The summed E-state index contributed by atoms with van der Waals surface area (Å²) in [6, 6.07) is 15.1. The van der Waals surface area contributed by atoms with E-state index in [0.29, 0.717) is 37.6 Å². The highest BCUT2D eigenvalue weighted by molar-refractivity contribution is 7.80. The van der Waals surface area contributed by atoms with Crippen LogP contribution in [0.2, 0.25) is 0 Å². The molecule has 2 heterocycles. The molecule has 48 heavy (non-hydrogen) atoms. The number of nitrogens with zero attached hydrogens (tertiary/aromatic N) is 6. The Bertz CT molecular complexity index is 1750. The average molecular weight is 695 g/mol. The van der Waals surface area contributed by atoms with E-state index in [9.17, 15) is 19.2 Å². The molecule has 0 spiro atoms. The number of nitrogens with one attached hydrogen (secondary N) is 6. The first-order chi connectivity index (χ1) is 22.9. The van der Waals surface area contributed by atoms with Gasteiger partial charge < -0.3 is 10.6 Å². The van der Waals surface area contributed by atoms with Gasteiger partial charge in [0, 0.05) is 24.5 Å². The van der Waals surface area contributed by atoms with E-state index in [1.165, 1.54) is 9.13 Å². The number of anilines is 2. The van der Waals surface area contributed by atoms with Gasteiger partial charge in [0.25, 0.3) is 11.8 Å². The third kappa shape index (κ3) is 10.1. The molecule has 2 aromatic carbocycles. The summed E-state index contributed by atoms with van der Waals surface area (Å²) in [4.78, 5) is 50.7. The molecule has 2 amide bonds. The molecule has 0 aliphatic rings. The normalized spacial score (nSPS) is 10.7. The number of aromatic nitrogens is 6. The Morgan fingerprint density at radius 1 is 0.604 bits per heavy atom. The Morgan fingerprint density at radius 3 is 1.31 bits per heavy atom. The summed E-state index contributed by atoms with van der Waals surface area (Å²) in [5.41, 5.74) is 13.0. The molecular weight excluding hydrogens is 657 g/mol. The molecule has 254 valence electrons. The van der Waals surface area contributed by atoms with E-state index in [1.807, 2.05) is 62.4 Å². The number of benzene rings is 2. The number of carbonyl (C=O) groups is 2. The fraction of sp³-hybridized carbons (Fsp3) is 0.333. The van der Waals surface area contributed by atoms with Crippen molar-refractivity contribution in [2.75, 3.05) is 10.6 Å². The highest BCUT2D eigenvalue weighted by Gasteiger charge is 2.15. The van der Waals surface area contributed by atoms with Crippen molar-refractivity contribution in [1.29, 1.82) is 0 Å². The lowest BCUT2D eigenvalue weighted by atomic mass is 10.2. The topological polar surface area (TPSA) is 186 Å². The van der Waals surface area contributed by atoms with Gasteiger partial charge in [0.15, 0.2) is 10.2 Å². The van der Waals surface area contributed by atoms with E-state index in [2.05, 4.69) is 42.5 Å². The van der Waals surface area contributed by atoms with E-state index in [1.54, 1.807) is 13.8 Å². The fourth-order valence-electron chi connectivity index (χ4n) is 4.56. The van der Waals surface area contributed by atoms with Crippen LogP contribution < -0.4 is 43.7 Å². The standard InChI is InChI=1S/C30H38N12O4S2/c1-19-7-11-23(12-8-19)31-27(47)35-33-25(43)17-41-29(45)39(21(3)37-41)15-5-6-16-40-22(4)38-42(30(40)46)18-26(44)34-36-28(48)32-24-13-9-20(2)10-14-24/h7-14H,5-6,15-18H2,1-4H3,(H,33,43)(H,34,44)(H2,31,35,47)(H2,32,36,48). The number of rotatable bonds is 11. The molecule has 4 aromatic rings.